The van der Waals surface area contributed by atoms with Gasteiger partial charge in [-0.1, -0.05) is 55.2 Å². The minimum absolute atomic E-state index is 0.500. The summed E-state index contributed by atoms with van der Waals surface area (Å²) in [6, 6.07) is 8.52. The Morgan fingerprint density at radius 1 is 1.13 bits per heavy atom. The maximum atomic E-state index is 9.50. The molecule has 0 N–H and O–H groups in total. The molecule has 0 heterocycles. The summed E-state index contributed by atoms with van der Waals surface area (Å²) in [6.07, 6.45) is 16.3. The molecule has 1 aromatic rings. The van der Waals surface area contributed by atoms with E-state index in [2.05, 4.69) is 60.9 Å². The molecule has 1 rings (SSSR count). The van der Waals surface area contributed by atoms with Gasteiger partial charge < -0.3 is 4.90 Å². The van der Waals surface area contributed by atoms with Gasteiger partial charge in [0.15, 0.2) is 0 Å². The molecule has 2 heteroatoms. The largest absolute Gasteiger partial charge is 0.338 e. The second-order valence-electron chi connectivity index (χ2n) is 4.72. The van der Waals surface area contributed by atoms with Crippen molar-refractivity contribution in [1.82, 2.24) is 0 Å². The Morgan fingerprint density at radius 2 is 1.83 bits per heavy atom. The van der Waals surface area contributed by atoms with Crippen molar-refractivity contribution >= 4 is 5.69 Å². The van der Waals surface area contributed by atoms with Gasteiger partial charge in [-0.25, -0.2) is 0 Å². The molecule has 0 fully saturated rings. The van der Waals surface area contributed by atoms with E-state index in [4.69, 9.17) is 0 Å². The number of rotatable bonds is 7. The molecular weight excluding hydrogens is 285 g/mol. The van der Waals surface area contributed by atoms with Crippen molar-refractivity contribution < 1.29 is 4.39 Å². The molecule has 124 valence electrons. The number of aryl methyl sites for hydroxylation is 1. The number of hydrogen-bond donors (Lipinski definition) is 0. The lowest BCUT2D eigenvalue weighted by molar-refractivity contribution is 0.636. The molecule has 0 saturated carbocycles. The Bertz CT molecular complexity index is 565. The number of anilines is 1. The van der Waals surface area contributed by atoms with Crippen LogP contribution < -0.4 is 4.90 Å². The molecule has 0 unspecified atom stereocenters. The standard InChI is InChI=1S/C20H25N.CH3F/c1-5-8-10-11-16-21(19(7-3)14-9-6-2)20-15-12-13-18(4)17-20;1-2/h5-15,17H,3,16H2,1-2,4H3;1H3/b8-5-,9-6-,11-10-,19-14+;. The van der Waals surface area contributed by atoms with Crippen molar-refractivity contribution in [3.63, 3.8) is 0 Å². The summed E-state index contributed by atoms with van der Waals surface area (Å²) in [5, 5.41) is 0. The van der Waals surface area contributed by atoms with Crippen molar-refractivity contribution in [1.29, 1.82) is 0 Å². The van der Waals surface area contributed by atoms with Gasteiger partial charge in [0.25, 0.3) is 0 Å². The van der Waals surface area contributed by atoms with E-state index in [1.54, 1.807) is 0 Å². The Kier molecular flexibility index (Phi) is 12.0. The van der Waals surface area contributed by atoms with Crippen LogP contribution in [0.25, 0.3) is 0 Å². The average Bonchev–Trinajstić information content (AvgIpc) is 2.59. The second-order valence-corrected chi connectivity index (χ2v) is 4.72. The molecule has 0 spiro atoms. The zero-order valence-corrected chi connectivity index (χ0v) is 14.7. The van der Waals surface area contributed by atoms with E-state index in [1.807, 2.05) is 44.2 Å². The number of nitrogens with zero attached hydrogens (tertiary/aromatic N) is 1. The number of alkyl halides is 1. The fraction of sp³-hybridized carbons (Fsp3) is 0.238. The van der Waals surface area contributed by atoms with Gasteiger partial charge in [-0.3, -0.25) is 4.39 Å². The van der Waals surface area contributed by atoms with Crippen LogP contribution in [0.3, 0.4) is 0 Å². The third kappa shape index (κ3) is 8.01. The minimum Gasteiger partial charge on any atom is -0.338 e. The van der Waals surface area contributed by atoms with Gasteiger partial charge in [-0.05, 0) is 50.6 Å². The summed E-state index contributed by atoms with van der Waals surface area (Å²) in [5.74, 6) is 0. The number of benzene rings is 1. The normalized spacial score (nSPS) is 11.8. The van der Waals surface area contributed by atoms with Gasteiger partial charge in [0.1, 0.15) is 0 Å². The first-order valence-corrected chi connectivity index (χ1v) is 7.68. The predicted octanol–water partition coefficient (Wildman–Crippen LogP) is 6.17. The molecule has 23 heavy (non-hydrogen) atoms. The predicted molar refractivity (Wildman–Crippen MR) is 103 cm³/mol. The van der Waals surface area contributed by atoms with Crippen molar-refractivity contribution in [2.45, 2.75) is 20.8 Å². The first kappa shape index (κ1) is 20.7. The number of halogens is 1. The number of allylic oxidation sites excluding steroid dienone is 7. The van der Waals surface area contributed by atoms with Crippen LogP contribution in [-0.4, -0.2) is 13.7 Å². The van der Waals surface area contributed by atoms with Crippen LogP contribution in [0.2, 0.25) is 0 Å². The average molecular weight is 313 g/mol. The van der Waals surface area contributed by atoms with Crippen LogP contribution in [0, 0.1) is 6.92 Å². The molecule has 0 radical (unpaired) electrons. The summed E-state index contributed by atoms with van der Waals surface area (Å²) in [5.41, 5.74) is 3.52. The van der Waals surface area contributed by atoms with Crippen LogP contribution in [0.5, 0.6) is 0 Å². The van der Waals surface area contributed by atoms with Crippen molar-refractivity contribution in [3.05, 3.63) is 90.7 Å². The molecule has 1 nitrogen and oxygen atoms in total. The van der Waals surface area contributed by atoms with E-state index in [0.29, 0.717) is 7.18 Å². The summed E-state index contributed by atoms with van der Waals surface area (Å²) < 4.78 is 9.50. The number of hydrogen-bond acceptors (Lipinski definition) is 1. The van der Waals surface area contributed by atoms with Gasteiger partial charge in [0.05, 0.1) is 7.18 Å². The lowest BCUT2D eigenvalue weighted by Crippen LogP contribution is -2.21. The quantitative estimate of drug-likeness (QED) is 0.544. The highest BCUT2D eigenvalue weighted by Crippen LogP contribution is 2.21. The first-order chi connectivity index (χ1) is 11.2. The second kappa shape index (κ2) is 13.3. The molecular formula is C21H28FN. The highest BCUT2D eigenvalue weighted by molar-refractivity contribution is 5.56. The molecule has 0 aliphatic heterocycles. The van der Waals surface area contributed by atoms with Crippen LogP contribution in [0.4, 0.5) is 10.1 Å². The first-order valence-electron chi connectivity index (χ1n) is 7.68. The molecule has 0 aliphatic rings. The lowest BCUT2D eigenvalue weighted by Gasteiger charge is -2.24. The maximum absolute atomic E-state index is 9.50. The fourth-order valence-electron chi connectivity index (χ4n) is 1.97. The molecule has 1 aromatic carbocycles. The van der Waals surface area contributed by atoms with Gasteiger partial charge in [0, 0.05) is 17.9 Å². The van der Waals surface area contributed by atoms with E-state index in [1.165, 1.54) is 11.3 Å². The lowest BCUT2D eigenvalue weighted by atomic mass is 10.2. The van der Waals surface area contributed by atoms with E-state index in [0.717, 1.165) is 12.2 Å². The van der Waals surface area contributed by atoms with E-state index in [9.17, 15) is 4.39 Å². The topological polar surface area (TPSA) is 3.24 Å². The summed E-state index contributed by atoms with van der Waals surface area (Å²) in [7, 11) is 0.500. The highest BCUT2D eigenvalue weighted by Gasteiger charge is 2.07. The zero-order valence-electron chi connectivity index (χ0n) is 14.7. The van der Waals surface area contributed by atoms with E-state index in [-0.39, 0.29) is 0 Å². The summed E-state index contributed by atoms with van der Waals surface area (Å²) in [4.78, 5) is 2.25. The molecule has 0 bridgehead atoms. The molecule has 0 aromatic heterocycles. The Balaban J connectivity index is 0.00000232. The van der Waals surface area contributed by atoms with Gasteiger partial charge in [0.2, 0.25) is 0 Å². The van der Waals surface area contributed by atoms with Crippen LogP contribution >= 0.6 is 0 Å². The molecule has 0 aliphatic carbocycles. The van der Waals surface area contributed by atoms with Crippen LogP contribution in [-0.2, 0) is 0 Å². The fourth-order valence-corrected chi connectivity index (χ4v) is 1.97. The Hall–Kier alpha value is -2.35. The molecule has 0 atom stereocenters. The van der Waals surface area contributed by atoms with E-state index < -0.39 is 0 Å². The van der Waals surface area contributed by atoms with Crippen molar-refractivity contribution in [2.24, 2.45) is 0 Å². The highest BCUT2D eigenvalue weighted by atomic mass is 19.1. The summed E-state index contributed by atoms with van der Waals surface area (Å²) >= 11 is 0. The van der Waals surface area contributed by atoms with E-state index >= 15 is 0 Å². The van der Waals surface area contributed by atoms with Crippen LogP contribution in [0.15, 0.2) is 85.1 Å². The van der Waals surface area contributed by atoms with Gasteiger partial charge in [-0.15, -0.1) is 0 Å². The molecule has 0 amide bonds. The SMILES string of the molecule is C=C/C(=C\C=C/C)N(C/C=C\C=C/C)c1cccc(C)c1.CF. The third-order valence-electron chi connectivity index (χ3n) is 3.02. The Labute approximate surface area is 140 Å². The zero-order chi connectivity index (χ0) is 17.5. The van der Waals surface area contributed by atoms with Gasteiger partial charge in [-0.2, -0.15) is 0 Å². The maximum Gasteiger partial charge on any atom is 0.0785 e. The third-order valence-corrected chi connectivity index (χ3v) is 3.02. The van der Waals surface area contributed by atoms with Crippen molar-refractivity contribution in [2.75, 3.05) is 18.6 Å². The smallest absolute Gasteiger partial charge is 0.0785 e. The van der Waals surface area contributed by atoms with Crippen LogP contribution in [0.1, 0.15) is 19.4 Å². The minimum atomic E-state index is 0.500. The molecule has 0 saturated heterocycles. The Morgan fingerprint density at radius 3 is 2.39 bits per heavy atom. The summed E-state index contributed by atoms with van der Waals surface area (Å²) in [6.45, 7) is 10.9. The van der Waals surface area contributed by atoms with Crippen molar-refractivity contribution in [3.8, 4) is 0 Å². The van der Waals surface area contributed by atoms with Gasteiger partial charge >= 0.3 is 0 Å². The monoisotopic (exact) mass is 313 g/mol.